The van der Waals surface area contributed by atoms with Crippen molar-refractivity contribution in [1.29, 1.82) is 0 Å². The molecule has 1 aliphatic carbocycles. The third-order valence-corrected chi connectivity index (χ3v) is 5.55. The molecule has 1 saturated carbocycles. The zero-order chi connectivity index (χ0) is 14.1. The molecule has 19 heavy (non-hydrogen) atoms. The van der Waals surface area contributed by atoms with Gasteiger partial charge in [-0.25, -0.2) is 0 Å². The Balaban J connectivity index is 1.92. The Morgan fingerprint density at radius 3 is 2.63 bits per heavy atom. The molecule has 0 radical (unpaired) electrons. The average Bonchev–Trinajstić information content (AvgIpc) is 2.76. The molecular weight excluding hydrogens is 250 g/mol. The second kappa shape index (κ2) is 5.62. The molecule has 102 valence electrons. The molecular formula is C17H23NS. The third-order valence-electron chi connectivity index (χ3n) is 4.35. The van der Waals surface area contributed by atoms with E-state index in [1.54, 1.807) is 11.8 Å². The molecule has 0 amide bonds. The maximum absolute atomic E-state index is 8.45. The molecule has 0 bridgehead atoms. The number of anilines is 1. The average molecular weight is 274 g/mol. The smallest absolute Gasteiger partial charge is 0.0729 e. The van der Waals surface area contributed by atoms with E-state index in [9.17, 15) is 0 Å². The second-order valence-corrected chi connectivity index (χ2v) is 6.55. The van der Waals surface area contributed by atoms with Gasteiger partial charge in [0.25, 0.3) is 0 Å². The fourth-order valence-corrected chi connectivity index (χ4v) is 4.41. The molecule has 1 unspecified atom stereocenters. The largest absolute Gasteiger partial charge is 0.334 e. The van der Waals surface area contributed by atoms with E-state index in [1.807, 2.05) is 0 Å². The highest BCUT2D eigenvalue weighted by atomic mass is 32.2. The standard InChI is InChI=1S/C17H23NS/c1-13-8-6-7-11-16(13)18-12-19-17(14(18)2)15-9-4-3-5-10-15/h6-8,11,15H,3-5,9-10,12H2,1-2H3/i12D. The molecule has 0 spiro atoms. The van der Waals surface area contributed by atoms with E-state index >= 15 is 0 Å². The Bertz CT molecular complexity index is 519. The van der Waals surface area contributed by atoms with Crippen LogP contribution in [-0.2, 0) is 0 Å². The van der Waals surface area contributed by atoms with Crippen molar-refractivity contribution >= 4 is 17.4 Å². The molecule has 2 heteroatoms. The SMILES string of the molecule is [2H]C1SC(C2CCCCC2)=C(C)N1c1ccccc1C. The first kappa shape index (κ1) is 11.9. The van der Waals surface area contributed by atoms with Crippen molar-refractivity contribution in [3.63, 3.8) is 0 Å². The Morgan fingerprint density at radius 1 is 1.16 bits per heavy atom. The quantitative estimate of drug-likeness (QED) is 0.718. The van der Waals surface area contributed by atoms with Gasteiger partial charge in [-0.15, -0.1) is 11.8 Å². The lowest BCUT2D eigenvalue weighted by molar-refractivity contribution is 0.413. The number of para-hydroxylation sites is 1. The molecule has 1 aromatic carbocycles. The number of allylic oxidation sites excluding steroid dienone is 2. The van der Waals surface area contributed by atoms with Gasteiger partial charge in [0.15, 0.2) is 0 Å². The van der Waals surface area contributed by atoms with E-state index in [0.717, 1.165) is 0 Å². The minimum atomic E-state index is -0.215. The van der Waals surface area contributed by atoms with E-state index in [2.05, 4.69) is 43.0 Å². The lowest BCUT2D eigenvalue weighted by atomic mass is 9.88. The Kier molecular flexibility index (Phi) is 3.52. The third kappa shape index (κ3) is 2.55. The van der Waals surface area contributed by atoms with Gasteiger partial charge in [0.05, 0.1) is 7.22 Å². The van der Waals surface area contributed by atoms with Crippen molar-refractivity contribution in [1.82, 2.24) is 0 Å². The van der Waals surface area contributed by atoms with Crippen LogP contribution < -0.4 is 4.90 Å². The minimum Gasteiger partial charge on any atom is -0.334 e. The first-order valence-corrected chi connectivity index (χ1v) is 8.21. The monoisotopic (exact) mass is 274 g/mol. The maximum Gasteiger partial charge on any atom is 0.0729 e. The molecule has 3 rings (SSSR count). The summed E-state index contributed by atoms with van der Waals surface area (Å²) in [4.78, 5) is 3.69. The summed E-state index contributed by atoms with van der Waals surface area (Å²) < 4.78 is 8.45. The van der Waals surface area contributed by atoms with Crippen LogP contribution in [0.15, 0.2) is 34.9 Å². The highest BCUT2D eigenvalue weighted by Crippen LogP contribution is 2.44. The Hall–Kier alpha value is -0.890. The van der Waals surface area contributed by atoms with Gasteiger partial charge in [0.2, 0.25) is 0 Å². The van der Waals surface area contributed by atoms with Crippen LogP contribution in [0.5, 0.6) is 0 Å². The molecule has 0 aromatic heterocycles. The number of hydrogen-bond donors (Lipinski definition) is 0. The van der Waals surface area contributed by atoms with E-state index < -0.39 is 0 Å². The second-order valence-electron chi connectivity index (χ2n) is 5.66. The summed E-state index contributed by atoms with van der Waals surface area (Å²) in [6.07, 6.45) is 6.73. The van der Waals surface area contributed by atoms with Crippen molar-refractivity contribution < 1.29 is 1.37 Å². The summed E-state index contributed by atoms with van der Waals surface area (Å²) >= 11 is 1.76. The van der Waals surface area contributed by atoms with Gasteiger partial charge in [-0.2, -0.15) is 0 Å². The maximum atomic E-state index is 8.45. The number of rotatable bonds is 2. The van der Waals surface area contributed by atoms with Crippen LogP contribution in [0.1, 0.15) is 46.0 Å². The summed E-state index contributed by atoms with van der Waals surface area (Å²) in [5.74, 6) is 0.489. The topological polar surface area (TPSA) is 3.24 Å². The van der Waals surface area contributed by atoms with Gasteiger partial charge in [-0.1, -0.05) is 37.5 Å². The van der Waals surface area contributed by atoms with Crippen molar-refractivity contribution in [2.45, 2.75) is 46.0 Å². The fraction of sp³-hybridized carbons (Fsp3) is 0.529. The molecule has 1 aliphatic heterocycles. The fourth-order valence-electron chi connectivity index (χ4n) is 3.22. The highest BCUT2D eigenvalue weighted by Gasteiger charge is 2.28. The summed E-state index contributed by atoms with van der Waals surface area (Å²) in [5, 5.41) is 0. The predicted molar refractivity (Wildman–Crippen MR) is 85.4 cm³/mol. The van der Waals surface area contributed by atoms with Crippen molar-refractivity contribution in [3.8, 4) is 0 Å². The van der Waals surface area contributed by atoms with Crippen LogP contribution in [0.4, 0.5) is 5.69 Å². The summed E-state index contributed by atoms with van der Waals surface area (Å²) in [7, 11) is 0. The van der Waals surface area contributed by atoms with Crippen LogP contribution >= 0.6 is 11.8 Å². The highest BCUT2D eigenvalue weighted by molar-refractivity contribution is 8.03. The van der Waals surface area contributed by atoms with Crippen LogP contribution in [0.3, 0.4) is 0 Å². The number of benzene rings is 1. The van der Waals surface area contributed by atoms with Crippen molar-refractivity contribution in [3.05, 3.63) is 40.4 Å². The predicted octanol–water partition coefficient (Wildman–Crippen LogP) is 5.32. The number of thioether (sulfide) groups is 1. The van der Waals surface area contributed by atoms with Gasteiger partial charge in [-0.05, 0) is 44.2 Å². The molecule has 1 nitrogen and oxygen atoms in total. The molecule has 0 N–H and O–H groups in total. The van der Waals surface area contributed by atoms with Crippen LogP contribution in [0, 0.1) is 12.8 Å². The molecule has 1 fully saturated rings. The minimum absolute atomic E-state index is 0.215. The van der Waals surface area contributed by atoms with E-state index in [4.69, 9.17) is 1.37 Å². The van der Waals surface area contributed by atoms with Gasteiger partial charge in [0.1, 0.15) is 0 Å². The first-order chi connectivity index (χ1) is 9.68. The lowest BCUT2D eigenvalue weighted by Crippen LogP contribution is -2.17. The summed E-state index contributed by atoms with van der Waals surface area (Å²) in [6.45, 7) is 4.34. The summed E-state index contributed by atoms with van der Waals surface area (Å²) in [5.41, 5.74) is 3.77. The van der Waals surface area contributed by atoms with Gasteiger partial charge >= 0.3 is 0 Å². The number of nitrogens with zero attached hydrogens (tertiary/aromatic N) is 1. The first-order valence-electron chi connectivity index (χ1n) is 7.91. The van der Waals surface area contributed by atoms with Crippen molar-refractivity contribution in [2.24, 2.45) is 5.92 Å². The van der Waals surface area contributed by atoms with Gasteiger partial charge in [0, 0.05) is 16.3 Å². The van der Waals surface area contributed by atoms with Crippen LogP contribution in [0.25, 0.3) is 0 Å². The van der Waals surface area contributed by atoms with E-state index in [1.165, 1.54) is 54.0 Å². The molecule has 0 saturated heterocycles. The number of hydrogen-bond acceptors (Lipinski definition) is 2. The van der Waals surface area contributed by atoms with Gasteiger partial charge < -0.3 is 4.90 Å². The van der Waals surface area contributed by atoms with Crippen molar-refractivity contribution in [2.75, 3.05) is 10.8 Å². The lowest BCUT2D eigenvalue weighted by Gasteiger charge is -2.24. The zero-order valence-corrected chi connectivity index (χ0v) is 12.7. The molecule has 1 aromatic rings. The number of aryl methyl sites for hydroxylation is 1. The van der Waals surface area contributed by atoms with E-state index in [0.29, 0.717) is 5.92 Å². The summed E-state index contributed by atoms with van der Waals surface area (Å²) in [6, 6.07) is 8.43. The Labute approximate surface area is 122 Å². The van der Waals surface area contributed by atoms with Crippen LogP contribution in [0.2, 0.25) is 0 Å². The van der Waals surface area contributed by atoms with Crippen LogP contribution in [-0.4, -0.2) is 5.85 Å². The van der Waals surface area contributed by atoms with E-state index in [-0.39, 0.29) is 5.85 Å². The normalized spacial score (nSPS) is 25.9. The molecule has 2 aliphatic rings. The Morgan fingerprint density at radius 2 is 1.89 bits per heavy atom. The molecule has 1 atom stereocenters. The zero-order valence-electron chi connectivity index (χ0n) is 12.9. The van der Waals surface area contributed by atoms with Gasteiger partial charge in [-0.3, -0.25) is 0 Å². The molecule has 1 heterocycles.